The Hall–Kier alpha value is -3.60. The van der Waals surface area contributed by atoms with Crippen LogP contribution in [0.15, 0.2) is 79.1 Å². The zero-order valence-electron chi connectivity index (χ0n) is 20.9. The smallest absolute Gasteiger partial charge is 0.229 e. The average molecular weight is 568 g/mol. The van der Waals surface area contributed by atoms with E-state index in [0.717, 1.165) is 34.6 Å². The largest absolute Gasteiger partial charge is 0.494 e. The molecule has 2 aromatic carbocycles. The SMILES string of the molecule is COc1cc(N2C(=S)N[C@H](c3ccccn3)[C@@H]2c2cccn2-c2ccc(Cl)c(C)c2)ccc1NS(C)(=O)=O. The lowest BCUT2D eigenvalue weighted by atomic mass is 10.0. The highest BCUT2D eigenvalue weighted by Gasteiger charge is 2.42. The lowest BCUT2D eigenvalue weighted by Crippen LogP contribution is -2.30. The van der Waals surface area contributed by atoms with Gasteiger partial charge in [-0.2, -0.15) is 0 Å². The first kappa shape index (κ1) is 26.0. The number of halogens is 1. The van der Waals surface area contributed by atoms with Crippen LogP contribution in [0.25, 0.3) is 5.69 Å². The Labute approximate surface area is 232 Å². The third kappa shape index (κ3) is 5.07. The average Bonchev–Trinajstić information content (AvgIpc) is 3.50. The van der Waals surface area contributed by atoms with Crippen LogP contribution < -0.4 is 19.7 Å². The molecule has 1 fully saturated rings. The van der Waals surface area contributed by atoms with Crippen LogP contribution in [0.4, 0.5) is 11.4 Å². The monoisotopic (exact) mass is 567 g/mol. The summed E-state index contributed by atoms with van der Waals surface area (Å²) in [5.74, 6) is 0.375. The molecule has 1 aliphatic heterocycles. The molecule has 0 saturated carbocycles. The number of anilines is 2. The number of methoxy groups -OCH3 is 1. The zero-order chi connectivity index (χ0) is 27.0. The van der Waals surface area contributed by atoms with E-state index < -0.39 is 10.0 Å². The van der Waals surface area contributed by atoms with Crippen molar-refractivity contribution in [2.45, 2.75) is 19.0 Å². The zero-order valence-corrected chi connectivity index (χ0v) is 23.3. The van der Waals surface area contributed by atoms with Crippen molar-refractivity contribution in [2.75, 3.05) is 23.0 Å². The minimum Gasteiger partial charge on any atom is -0.494 e. The molecule has 11 heteroatoms. The molecule has 2 atom stereocenters. The van der Waals surface area contributed by atoms with Gasteiger partial charge < -0.3 is 19.5 Å². The molecule has 2 N–H and O–H groups in total. The van der Waals surface area contributed by atoms with Crippen molar-refractivity contribution < 1.29 is 13.2 Å². The third-order valence-electron chi connectivity index (χ3n) is 6.36. The topological polar surface area (TPSA) is 88.5 Å². The minimum absolute atomic E-state index is 0.259. The van der Waals surface area contributed by atoms with Crippen molar-refractivity contribution in [1.82, 2.24) is 14.9 Å². The number of hydrogen-bond acceptors (Lipinski definition) is 5. The van der Waals surface area contributed by atoms with E-state index in [9.17, 15) is 8.42 Å². The van der Waals surface area contributed by atoms with E-state index in [-0.39, 0.29) is 12.1 Å². The van der Waals surface area contributed by atoms with Crippen molar-refractivity contribution in [3.05, 3.63) is 101 Å². The number of ether oxygens (including phenoxy) is 1. The molecule has 4 aromatic rings. The Kier molecular flexibility index (Phi) is 7.04. The van der Waals surface area contributed by atoms with Crippen LogP contribution in [0.3, 0.4) is 0 Å². The molecule has 1 aliphatic rings. The van der Waals surface area contributed by atoms with E-state index >= 15 is 0 Å². The van der Waals surface area contributed by atoms with E-state index in [1.807, 2.05) is 66.6 Å². The summed E-state index contributed by atoms with van der Waals surface area (Å²) in [6.07, 6.45) is 4.86. The van der Waals surface area contributed by atoms with Gasteiger partial charge in [-0.3, -0.25) is 9.71 Å². The number of pyridine rings is 1. The lowest BCUT2D eigenvalue weighted by Gasteiger charge is -2.29. The van der Waals surface area contributed by atoms with Crippen LogP contribution in [-0.2, 0) is 10.0 Å². The van der Waals surface area contributed by atoms with Gasteiger partial charge in [-0.05, 0) is 79.3 Å². The van der Waals surface area contributed by atoms with Crippen LogP contribution in [0.2, 0.25) is 5.02 Å². The molecule has 0 bridgehead atoms. The second-order valence-electron chi connectivity index (χ2n) is 8.99. The van der Waals surface area contributed by atoms with Gasteiger partial charge in [0.15, 0.2) is 5.11 Å². The summed E-state index contributed by atoms with van der Waals surface area (Å²) in [5.41, 5.74) is 4.84. The van der Waals surface area contributed by atoms with E-state index in [1.54, 1.807) is 18.3 Å². The van der Waals surface area contributed by atoms with Gasteiger partial charge in [-0.25, -0.2) is 8.42 Å². The molecule has 0 spiro atoms. The number of aromatic nitrogens is 2. The summed E-state index contributed by atoms with van der Waals surface area (Å²) in [6, 6.07) is 20.5. The molecule has 5 rings (SSSR count). The number of hydrogen-bond donors (Lipinski definition) is 2. The molecule has 196 valence electrons. The first-order chi connectivity index (χ1) is 18.2. The molecular weight excluding hydrogens is 542 g/mol. The number of rotatable bonds is 7. The molecule has 1 saturated heterocycles. The van der Waals surface area contributed by atoms with Crippen LogP contribution in [0, 0.1) is 6.92 Å². The highest BCUT2D eigenvalue weighted by atomic mass is 35.5. The Morgan fingerprint density at radius 2 is 1.87 bits per heavy atom. The fourth-order valence-electron chi connectivity index (χ4n) is 4.70. The maximum absolute atomic E-state index is 11.9. The Balaban J connectivity index is 1.65. The number of sulfonamides is 1. The second kappa shape index (κ2) is 10.3. The molecule has 3 heterocycles. The number of aryl methyl sites for hydroxylation is 1. The van der Waals surface area contributed by atoms with Crippen molar-refractivity contribution in [3.8, 4) is 11.4 Å². The lowest BCUT2D eigenvalue weighted by molar-refractivity contribution is 0.417. The fourth-order valence-corrected chi connectivity index (χ4v) is 5.73. The van der Waals surface area contributed by atoms with Crippen molar-refractivity contribution >= 4 is 50.3 Å². The highest BCUT2D eigenvalue weighted by molar-refractivity contribution is 7.92. The molecule has 0 unspecified atom stereocenters. The fraction of sp³-hybridized carbons (Fsp3) is 0.185. The van der Waals surface area contributed by atoms with Gasteiger partial charge in [0.2, 0.25) is 10.0 Å². The van der Waals surface area contributed by atoms with Crippen LogP contribution in [0.1, 0.15) is 29.0 Å². The summed E-state index contributed by atoms with van der Waals surface area (Å²) in [6.45, 7) is 1.97. The number of nitrogens with one attached hydrogen (secondary N) is 2. The molecule has 2 aromatic heterocycles. The minimum atomic E-state index is -3.49. The third-order valence-corrected chi connectivity index (χ3v) is 7.69. The quantitative estimate of drug-likeness (QED) is 0.289. The van der Waals surface area contributed by atoms with Gasteiger partial charge in [-0.15, -0.1) is 0 Å². The Bertz CT molecular complexity index is 1610. The molecule has 0 aliphatic carbocycles. The van der Waals surface area contributed by atoms with Gasteiger partial charge in [0.05, 0.1) is 30.8 Å². The Morgan fingerprint density at radius 3 is 2.55 bits per heavy atom. The first-order valence-electron chi connectivity index (χ1n) is 11.8. The van der Waals surface area contributed by atoms with Crippen molar-refractivity contribution in [3.63, 3.8) is 0 Å². The summed E-state index contributed by atoms with van der Waals surface area (Å²) in [5, 5.41) is 4.67. The van der Waals surface area contributed by atoms with Crippen LogP contribution >= 0.6 is 23.8 Å². The van der Waals surface area contributed by atoms with Crippen molar-refractivity contribution in [1.29, 1.82) is 0 Å². The maximum atomic E-state index is 11.9. The van der Waals surface area contributed by atoms with Gasteiger partial charge in [0, 0.05) is 40.6 Å². The highest BCUT2D eigenvalue weighted by Crippen LogP contribution is 2.44. The normalized spacial score (nSPS) is 17.4. The summed E-state index contributed by atoms with van der Waals surface area (Å²) >= 11 is 12.2. The predicted octanol–water partition coefficient (Wildman–Crippen LogP) is 5.39. The van der Waals surface area contributed by atoms with Gasteiger partial charge in [0.1, 0.15) is 11.8 Å². The summed E-state index contributed by atoms with van der Waals surface area (Å²) in [7, 11) is -1.99. The second-order valence-corrected chi connectivity index (χ2v) is 11.5. The molecule has 8 nitrogen and oxygen atoms in total. The molecular formula is C27H26ClN5O3S2. The number of benzene rings is 2. The van der Waals surface area contributed by atoms with Gasteiger partial charge >= 0.3 is 0 Å². The van der Waals surface area contributed by atoms with Crippen LogP contribution in [-0.4, -0.2) is 36.4 Å². The van der Waals surface area contributed by atoms with E-state index in [4.69, 9.17) is 28.6 Å². The summed E-state index contributed by atoms with van der Waals surface area (Å²) in [4.78, 5) is 6.63. The molecule has 38 heavy (non-hydrogen) atoms. The summed E-state index contributed by atoms with van der Waals surface area (Å²) < 4.78 is 33.9. The first-order valence-corrected chi connectivity index (χ1v) is 14.4. The maximum Gasteiger partial charge on any atom is 0.229 e. The van der Waals surface area contributed by atoms with Gasteiger partial charge in [0.25, 0.3) is 0 Å². The van der Waals surface area contributed by atoms with Crippen molar-refractivity contribution in [2.24, 2.45) is 0 Å². The standard InChI is InChI=1S/C27H26ClN5O3S2/c1-17-15-18(9-11-20(17)28)32-14-6-8-23(32)26-25(22-7-4-5-13-29-22)30-27(37)33(26)19-10-12-21(24(16-19)36-2)31-38(3,34)35/h4-16,25-26,31H,1-3H3,(H,30,37)/t25-,26+/m1/s1. The molecule has 0 radical (unpaired) electrons. The number of thiocarbonyl (C=S) groups is 1. The predicted molar refractivity (Wildman–Crippen MR) is 155 cm³/mol. The Morgan fingerprint density at radius 1 is 1.08 bits per heavy atom. The van der Waals surface area contributed by atoms with E-state index in [0.29, 0.717) is 21.6 Å². The number of nitrogens with zero attached hydrogens (tertiary/aromatic N) is 3. The molecule has 0 amide bonds. The van der Waals surface area contributed by atoms with E-state index in [1.165, 1.54) is 7.11 Å². The van der Waals surface area contributed by atoms with E-state index in [2.05, 4.69) is 25.7 Å². The van der Waals surface area contributed by atoms with Crippen LogP contribution in [0.5, 0.6) is 5.75 Å². The van der Waals surface area contributed by atoms with Gasteiger partial charge in [-0.1, -0.05) is 17.7 Å².